The molecule has 0 N–H and O–H groups in total. The number of hydrogen-bond acceptors (Lipinski definition) is 6. The van der Waals surface area contributed by atoms with Gasteiger partial charge in [-0.05, 0) is 145 Å². The Kier molecular flexibility index (Phi) is 15.9. The van der Waals surface area contributed by atoms with Crippen molar-refractivity contribution in [1.29, 1.82) is 0 Å². The summed E-state index contributed by atoms with van der Waals surface area (Å²) in [6.07, 6.45) is 3.66. The molecule has 8 rings (SSSR count). The van der Waals surface area contributed by atoms with E-state index < -0.39 is 41.3 Å². The van der Waals surface area contributed by atoms with Crippen LogP contribution < -0.4 is 9.47 Å². The van der Waals surface area contributed by atoms with Crippen LogP contribution in [0.2, 0.25) is 10.0 Å². The van der Waals surface area contributed by atoms with Crippen molar-refractivity contribution in [3.8, 4) is 23.0 Å². The summed E-state index contributed by atoms with van der Waals surface area (Å²) in [5, 5.41) is 1.11. The fourth-order valence-corrected chi connectivity index (χ4v) is 8.35. The number of esters is 2. The van der Waals surface area contributed by atoms with Gasteiger partial charge in [0.05, 0.1) is 7.11 Å². The lowest BCUT2D eigenvalue weighted by molar-refractivity contribution is -0.177. The maximum atomic E-state index is 17.3. The lowest BCUT2D eigenvalue weighted by atomic mass is 9.75. The molecule has 66 heavy (non-hydrogen) atoms. The number of ether oxygens (including phenoxy) is 4. The zero-order chi connectivity index (χ0) is 46.8. The molecule has 6 nitrogen and oxygen atoms in total. The molecular formula is C54H48Cl2F4O6. The zero-order valence-electron chi connectivity index (χ0n) is 36.3. The van der Waals surface area contributed by atoms with E-state index in [4.69, 9.17) is 42.1 Å². The normalized spacial score (nSPS) is 15.8. The van der Waals surface area contributed by atoms with Crippen molar-refractivity contribution in [2.75, 3.05) is 7.11 Å². The summed E-state index contributed by atoms with van der Waals surface area (Å²) in [4.78, 5) is 25.2. The average Bonchev–Trinajstić information content (AvgIpc) is 4.27. The molecule has 0 aliphatic heterocycles. The molecule has 2 saturated carbocycles. The van der Waals surface area contributed by atoms with Crippen molar-refractivity contribution in [3.63, 3.8) is 0 Å². The Morgan fingerprint density at radius 2 is 1.17 bits per heavy atom. The molecule has 0 aromatic heterocycles. The lowest BCUT2D eigenvalue weighted by Crippen LogP contribution is -2.54. The van der Waals surface area contributed by atoms with Gasteiger partial charge in [0.25, 0.3) is 5.67 Å². The maximum absolute atomic E-state index is 17.3. The zero-order valence-corrected chi connectivity index (χ0v) is 37.8. The van der Waals surface area contributed by atoms with Gasteiger partial charge in [0.1, 0.15) is 17.3 Å². The number of carbonyl (C=O) groups excluding carboxylic acids is 2. The van der Waals surface area contributed by atoms with Crippen molar-refractivity contribution in [3.05, 3.63) is 201 Å². The minimum absolute atomic E-state index is 0.0794. The summed E-state index contributed by atoms with van der Waals surface area (Å²) < 4.78 is 82.7. The van der Waals surface area contributed by atoms with Crippen LogP contribution in [0.3, 0.4) is 0 Å². The number of rotatable bonds is 17. The van der Waals surface area contributed by atoms with E-state index >= 15 is 8.78 Å². The third-order valence-corrected chi connectivity index (χ3v) is 12.1. The van der Waals surface area contributed by atoms with Crippen molar-refractivity contribution in [2.24, 2.45) is 11.8 Å². The number of alkyl halides is 1. The highest BCUT2D eigenvalue weighted by molar-refractivity contribution is 6.30. The number of halogens is 6. The highest BCUT2D eigenvalue weighted by atomic mass is 35.5. The molecule has 12 heteroatoms. The number of allylic oxidation sites excluding steroid dienone is 2. The highest BCUT2D eigenvalue weighted by Crippen LogP contribution is 2.53. The smallest absolute Gasteiger partial charge is 0.348 e. The van der Waals surface area contributed by atoms with Crippen LogP contribution in [-0.4, -0.2) is 30.8 Å². The standard InChI is InChI=1S/C29H27ClF2O5.C25H21ClF2O/c1-18(33)36-26(17-19-8-15-24(31)25(16-19)37-23-6-4-3-5-7-23)29(32,28(34)35-2)27(20-9-10-20)21-11-13-22(30)14-12-21;26-20-12-10-19(11-13-20)25(18-8-9-18)23(28)15-7-17-6-14-22(27)24(16-17)29-21-4-2-1-3-5-21/h3-8,11-16,20,26-27H,9-10,17H2,1-2H3;1-6,10-16,18,25H,7-9H2/b;23-15-/t26?,27-,29?;25-/m00/s1. The Morgan fingerprint density at radius 3 is 1.65 bits per heavy atom. The van der Waals surface area contributed by atoms with Gasteiger partial charge in [0.2, 0.25) is 0 Å². The summed E-state index contributed by atoms with van der Waals surface area (Å²) in [7, 11) is 1.09. The molecule has 0 saturated heterocycles. The molecule has 0 amide bonds. The van der Waals surface area contributed by atoms with Gasteiger partial charge >= 0.3 is 11.9 Å². The molecule has 6 aromatic carbocycles. The number of benzene rings is 6. The molecule has 2 unspecified atom stereocenters. The second-order valence-electron chi connectivity index (χ2n) is 16.4. The van der Waals surface area contributed by atoms with E-state index in [9.17, 15) is 18.4 Å². The van der Waals surface area contributed by atoms with Crippen molar-refractivity contribution < 1.29 is 46.1 Å². The molecule has 0 heterocycles. The first kappa shape index (κ1) is 47.9. The molecule has 6 aromatic rings. The van der Waals surface area contributed by atoms with Crippen LogP contribution in [0.15, 0.2) is 157 Å². The molecule has 2 fully saturated rings. The van der Waals surface area contributed by atoms with E-state index in [-0.39, 0.29) is 35.6 Å². The predicted molar refractivity (Wildman–Crippen MR) is 248 cm³/mol. The summed E-state index contributed by atoms with van der Waals surface area (Å²) in [6, 6.07) is 40.3. The monoisotopic (exact) mass is 938 g/mol. The second kappa shape index (κ2) is 21.9. The van der Waals surface area contributed by atoms with Crippen LogP contribution in [0.25, 0.3) is 0 Å². The molecule has 4 atom stereocenters. The maximum Gasteiger partial charge on any atom is 0.348 e. The molecular weight excluding hydrogens is 891 g/mol. The van der Waals surface area contributed by atoms with E-state index in [2.05, 4.69) is 0 Å². The van der Waals surface area contributed by atoms with Gasteiger partial charge in [0.15, 0.2) is 29.2 Å². The quantitative estimate of drug-likeness (QED) is 0.0670. The SMILES string of the molecule is COC(=O)C(F)(C(Cc1ccc(F)c(Oc2ccccc2)c1)OC(C)=O)[C@H](c1ccc(Cl)cc1)C1CC1.F/C(=C\Cc1ccc(F)c(Oc2ccccc2)c1)[C@H](c1ccc(Cl)cc1)C1CC1. The first-order chi connectivity index (χ1) is 31.8. The van der Waals surface area contributed by atoms with Crippen LogP contribution in [0, 0.1) is 23.5 Å². The largest absolute Gasteiger partial charge is 0.467 e. The first-order valence-electron chi connectivity index (χ1n) is 21.7. The van der Waals surface area contributed by atoms with Crippen LogP contribution in [-0.2, 0) is 31.9 Å². The highest BCUT2D eigenvalue weighted by Gasteiger charge is 2.60. The van der Waals surface area contributed by atoms with Crippen molar-refractivity contribution in [2.45, 2.75) is 69.1 Å². The minimum Gasteiger partial charge on any atom is -0.467 e. The summed E-state index contributed by atoms with van der Waals surface area (Å²) in [5.41, 5.74) is -0.0279. The number of hydrogen-bond donors (Lipinski definition) is 0. The van der Waals surface area contributed by atoms with Gasteiger partial charge in [0, 0.05) is 35.2 Å². The van der Waals surface area contributed by atoms with Gasteiger partial charge in [-0.25, -0.2) is 22.4 Å². The summed E-state index contributed by atoms with van der Waals surface area (Å²) in [6.45, 7) is 1.15. The average molecular weight is 940 g/mol. The van der Waals surface area contributed by atoms with Crippen LogP contribution >= 0.6 is 23.2 Å². The fraction of sp³-hybridized carbons (Fsp3) is 0.259. The van der Waals surface area contributed by atoms with Crippen LogP contribution in [0.1, 0.15) is 66.7 Å². The predicted octanol–water partition coefficient (Wildman–Crippen LogP) is 14.7. The van der Waals surface area contributed by atoms with Gasteiger partial charge < -0.3 is 18.9 Å². The molecule has 2 aliphatic carbocycles. The molecule has 342 valence electrons. The Bertz CT molecular complexity index is 2600. The topological polar surface area (TPSA) is 71.1 Å². The van der Waals surface area contributed by atoms with E-state index in [0.717, 1.165) is 38.0 Å². The second-order valence-corrected chi connectivity index (χ2v) is 17.3. The third kappa shape index (κ3) is 12.4. The van der Waals surface area contributed by atoms with Crippen LogP contribution in [0.5, 0.6) is 23.0 Å². The van der Waals surface area contributed by atoms with Gasteiger partial charge in [-0.15, -0.1) is 0 Å². The van der Waals surface area contributed by atoms with Gasteiger partial charge in [-0.2, -0.15) is 0 Å². The molecule has 2 aliphatic rings. The molecule has 0 bridgehead atoms. The fourth-order valence-electron chi connectivity index (χ4n) is 8.10. The van der Waals surface area contributed by atoms with Gasteiger partial charge in [-0.3, -0.25) is 4.79 Å². The van der Waals surface area contributed by atoms with E-state index in [0.29, 0.717) is 57.9 Å². The van der Waals surface area contributed by atoms with E-state index in [1.165, 1.54) is 24.3 Å². The number of carbonyl (C=O) groups is 2. The third-order valence-electron chi connectivity index (χ3n) is 11.6. The summed E-state index contributed by atoms with van der Waals surface area (Å²) in [5.74, 6) is -3.10. The first-order valence-corrected chi connectivity index (χ1v) is 22.4. The van der Waals surface area contributed by atoms with Crippen molar-refractivity contribution >= 4 is 35.1 Å². The molecule has 0 radical (unpaired) electrons. The minimum atomic E-state index is -2.72. The van der Waals surface area contributed by atoms with Crippen molar-refractivity contribution in [1.82, 2.24) is 0 Å². The molecule has 0 spiro atoms. The Labute approximate surface area is 392 Å². The summed E-state index contributed by atoms with van der Waals surface area (Å²) >= 11 is 12.0. The van der Waals surface area contributed by atoms with Crippen LogP contribution in [0.4, 0.5) is 17.6 Å². The Hall–Kier alpha value is -6.10. The lowest BCUT2D eigenvalue weighted by Gasteiger charge is -2.37. The van der Waals surface area contributed by atoms with Gasteiger partial charge in [-0.1, -0.05) is 96.0 Å². The Balaban J connectivity index is 0.000000202. The Morgan fingerprint density at radius 1 is 0.682 bits per heavy atom. The van der Waals surface area contributed by atoms with E-state index in [1.54, 1.807) is 97.1 Å². The van der Waals surface area contributed by atoms with E-state index in [1.807, 2.05) is 30.3 Å². The number of methoxy groups -OCH3 is 1. The number of para-hydroxylation sites is 2.